The van der Waals surface area contributed by atoms with Crippen LogP contribution in [-0.2, 0) is 0 Å². The van der Waals surface area contributed by atoms with E-state index in [1.807, 2.05) is 0 Å². The third-order valence-electron chi connectivity index (χ3n) is 3.29. The molecule has 1 aromatic carbocycles. The third-order valence-corrected chi connectivity index (χ3v) is 4.18. The first kappa shape index (κ1) is 11.9. The summed E-state index contributed by atoms with van der Waals surface area (Å²) in [6.07, 6.45) is 1.20. The minimum Gasteiger partial charge on any atom is -0.366 e. The van der Waals surface area contributed by atoms with Crippen molar-refractivity contribution in [3.05, 3.63) is 28.2 Å². The smallest absolute Gasteiger partial charge is 0.0412 e. The number of hydrogen-bond donors (Lipinski definition) is 1. The van der Waals surface area contributed by atoms with Gasteiger partial charge in [-0.1, -0.05) is 22.9 Å². The van der Waals surface area contributed by atoms with Gasteiger partial charge in [0.2, 0.25) is 0 Å². The first-order chi connectivity index (χ1) is 7.72. The van der Waals surface area contributed by atoms with Crippen molar-refractivity contribution in [1.82, 2.24) is 5.32 Å². The lowest BCUT2D eigenvalue weighted by atomic mass is 10.1. The van der Waals surface area contributed by atoms with Crippen LogP contribution >= 0.6 is 15.9 Å². The van der Waals surface area contributed by atoms with E-state index < -0.39 is 0 Å². The topological polar surface area (TPSA) is 15.3 Å². The first-order valence-electron chi connectivity index (χ1n) is 5.96. The van der Waals surface area contributed by atoms with Gasteiger partial charge in [0.05, 0.1) is 0 Å². The summed E-state index contributed by atoms with van der Waals surface area (Å²) in [4.78, 5) is 2.52. The van der Waals surface area contributed by atoms with E-state index in [1.54, 1.807) is 0 Å². The predicted molar refractivity (Wildman–Crippen MR) is 73.2 cm³/mol. The summed E-state index contributed by atoms with van der Waals surface area (Å²) in [6, 6.07) is 7.28. The maximum atomic E-state index is 3.55. The molecule has 1 N–H and O–H groups in total. The number of aryl methyl sites for hydroxylation is 1. The predicted octanol–water partition coefficient (Wildman–Crippen LogP) is 2.95. The van der Waals surface area contributed by atoms with Gasteiger partial charge in [0, 0.05) is 35.8 Å². The zero-order chi connectivity index (χ0) is 11.5. The molecule has 1 atom stereocenters. The molecular formula is C13H19BrN2. The number of piperazine rings is 1. The highest BCUT2D eigenvalue weighted by Gasteiger charge is 2.20. The largest absolute Gasteiger partial charge is 0.366 e. The maximum Gasteiger partial charge on any atom is 0.0412 e. The van der Waals surface area contributed by atoms with Gasteiger partial charge in [-0.25, -0.2) is 0 Å². The van der Waals surface area contributed by atoms with Crippen molar-refractivity contribution in [1.29, 1.82) is 0 Å². The molecule has 0 spiro atoms. The van der Waals surface area contributed by atoms with Crippen molar-refractivity contribution in [2.75, 3.05) is 24.5 Å². The van der Waals surface area contributed by atoms with Gasteiger partial charge >= 0.3 is 0 Å². The Labute approximate surface area is 106 Å². The number of rotatable bonds is 2. The molecule has 3 heteroatoms. The van der Waals surface area contributed by atoms with E-state index in [0.717, 1.165) is 19.6 Å². The van der Waals surface area contributed by atoms with Crippen molar-refractivity contribution in [2.45, 2.75) is 26.3 Å². The lowest BCUT2D eigenvalue weighted by molar-refractivity contribution is 0.466. The van der Waals surface area contributed by atoms with Gasteiger partial charge in [-0.15, -0.1) is 0 Å². The van der Waals surface area contributed by atoms with Gasteiger partial charge < -0.3 is 10.2 Å². The lowest BCUT2D eigenvalue weighted by Gasteiger charge is -2.37. The SMILES string of the molecule is CCC1CNCCN1c1ccc(Br)c(C)c1. The van der Waals surface area contributed by atoms with Gasteiger partial charge in [-0.2, -0.15) is 0 Å². The Balaban J connectivity index is 2.23. The average molecular weight is 283 g/mol. The Morgan fingerprint density at radius 1 is 1.50 bits per heavy atom. The van der Waals surface area contributed by atoms with Crippen LogP contribution in [-0.4, -0.2) is 25.7 Å². The minimum atomic E-state index is 0.634. The molecule has 16 heavy (non-hydrogen) atoms. The summed E-state index contributed by atoms with van der Waals surface area (Å²) in [7, 11) is 0. The number of hydrogen-bond acceptors (Lipinski definition) is 2. The second-order valence-corrected chi connectivity index (χ2v) is 5.25. The van der Waals surface area contributed by atoms with Crippen LogP contribution in [0.2, 0.25) is 0 Å². The third kappa shape index (κ3) is 2.41. The van der Waals surface area contributed by atoms with Gasteiger partial charge in [0.25, 0.3) is 0 Å². The van der Waals surface area contributed by atoms with E-state index in [-0.39, 0.29) is 0 Å². The van der Waals surface area contributed by atoms with Crippen molar-refractivity contribution in [3.8, 4) is 0 Å². The van der Waals surface area contributed by atoms with Crippen molar-refractivity contribution in [3.63, 3.8) is 0 Å². The van der Waals surface area contributed by atoms with E-state index in [9.17, 15) is 0 Å². The van der Waals surface area contributed by atoms with Crippen LogP contribution in [0.15, 0.2) is 22.7 Å². The summed E-state index contributed by atoms with van der Waals surface area (Å²) in [5.41, 5.74) is 2.67. The molecule has 0 amide bonds. The molecule has 2 nitrogen and oxygen atoms in total. The van der Waals surface area contributed by atoms with Crippen LogP contribution in [0.5, 0.6) is 0 Å². The summed E-state index contributed by atoms with van der Waals surface area (Å²) in [6.45, 7) is 7.71. The fraction of sp³-hybridized carbons (Fsp3) is 0.538. The zero-order valence-corrected chi connectivity index (χ0v) is 11.5. The molecule has 2 rings (SSSR count). The molecule has 1 aromatic rings. The van der Waals surface area contributed by atoms with E-state index >= 15 is 0 Å². The Kier molecular flexibility index (Phi) is 3.87. The molecule has 1 unspecified atom stereocenters. The fourth-order valence-corrected chi connectivity index (χ4v) is 2.52. The molecule has 0 aromatic heterocycles. The van der Waals surface area contributed by atoms with E-state index in [1.165, 1.54) is 22.1 Å². The molecule has 1 aliphatic heterocycles. The monoisotopic (exact) mass is 282 g/mol. The van der Waals surface area contributed by atoms with Crippen LogP contribution in [0.3, 0.4) is 0 Å². The fourth-order valence-electron chi connectivity index (χ4n) is 2.27. The van der Waals surface area contributed by atoms with Gasteiger partial charge in [-0.05, 0) is 37.1 Å². The van der Waals surface area contributed by atoms with Crippen LogP contribution < -0.4 is 10.2 Å². The molecule has 1 aliphatic rings. The summed E-state index contributed by atoms with van der Waals surface area (Å²) in [5.74, 6) is 0. The molecule has 0 aliphatic carbocycles. The number of nitrogens with one attached hydrogen (secondary N) is 1. The van der Waals surface area contributed by atoms with E-state index in [2.05, 4.69) is 58.2 Å². The summed E-state index contributed by atoms with van der Waals surface area (Å²) < 4.78 is 1.19. The molecular weight excluding hydrogens is 264 g/mol. The second-order valence-electron chi connectivity index (χ2n) is 4.39. The minimum absolute atomic E-state index is 0.634. The first-order valence-corrected chi connectivity index (χ1v) is 6.75. The Hall–Kier alpha value is -0.540. The average Bonchev–Trinajstić information content (AvgIpc) is 2.32. The number of halogens is 1. The van der Waals surface area contributed by atoms with Gasteiger partial charge in [-0.3, -0.25) is 0 Å². The molecule has 0 saturated carbocycles. The van der Waals surface area contributed by atoms with E-state index in [0.29, 0.717) is 6.04 Å². The molecule has 0 bridgehead atoms. The normalized spacial score (nSPS) is 21.2. The number of nitrogens with zero attached hydrogens (tertiary/aromatic N) is 1. The maximum absolute atomic E-state index is 3.55. The highest BCUT2D eigenvalue weighted by Crippen LogP contribution is 2.25. The highest BCUT2D eigenvalue weighted by atomic mass is 79.9. The highest BCUT2D eigenvalue weighted by molar-refractivity contribution is 9.10. The van der Waals surface area contributed by atoms with Crippen LogP contribution in [0, 0.1) is 6.92 Å². The standard InChI is InChI=1S/C13H19BrN2/c1-3-11-9-15-6-7-16(11)12-4-5-13(14)10(2)8-12/h4-5,8,11,15H,3,6-7,9H2,1-2H3. The van der Waals surface area contributed by atoms with E-state index in [4.69, 9.17) is 0 Å². The van der Waals surface area contributed by atoms with Crippen molar-refractivity contribution < 1.29 is 0 Å². The van der Waals surface area contributed by atoms with Crippen LogP contribution in [0.25, 0.3) is 0 Å². The summed E-state index contributed by atoms with van der Waals surface area (Å²) in [5, 5.41) is 3.46. The Morgan fingerprint density at radius 3 is 3.00 bits per heavy atom. The Morgan fingerprint density at radius 2 is 2.31 bits per heavy atom. The molecule has 88 valence electrons. The van der Waals surface area contributed by atoms with Crippen molar-refractivity contribution >= 4 is 21.6 Å². The van der Waals surface area contributed by atoms with Crippen molar-refractivity contribution in [2.24, 2.45) is 0 Å². The quantitative estimate of drug-likeness (QED) is 0.897. The molecule has 1 fully saturated rings. The lowest BCUT2D eigenvalue weighted by Crippen LogP contribution is -2.51. The number of benzene rings is 1. The van der Waals surface area contributed by atoms with Crippen LogP contribution in [0.1, 0.15) is 18.9 Å². The van der Waals surface area contributed by atoms with Crippen LogP contribution in [0.4, 0.5) is 5.69 Å². The molecule has 1 heterocycles. The zero-order valence-electron chi connectivity index (χ0n) is 9.96. The Bertz CT molecular complexity index is 365. The van der Waals surface area contributed by atoms with Gasteiger partial charge in [0.15, 0.2) is 0 Å². The molecule has 0 radical (unpaired) electrons. The molecule has 1 saturated heterocycles. The number of anilines is 1. The van der Waals surface area contributed by atoms with Gasteiger partial charge in [0.1, 0.15) is 0 Å². The second kappa shape index (κ2) is 5.19. The summed E-state index contributed by atoms with van der Waals surface area (Å²) >= 11 is 3.55.